The normalized spacial score (nSPS) is 10.8. The van der Waals surface area contributed by atoms with Gasteiger partial charge in [0.05, 0.1) is 5.69 Å². The molecule has 0 atom stereocenters. The molecule has 0 aliphatic heterocycles. The van der Waals surface area contributed by atoms with Crippen LogP contribution in [0, 0.1) is 6.92 Å². The van der Waals surface area contributed by atoms with Gasteiger partial charge in [0.25, 0.3) is 0 Å². The highest BCUT2D eigenvalue weighted by atomic mass is 16.4. The molecule has 4 aromatic rings. The van der Waals surface area contributed by atoms with Crippen LogP contribution in [0.15, 0.2) is 91.1 Å². The number of hydrogen-bond acceptors (Lipinski definition) is 1. The van der Waals surface area contributed by atoms with Gasteiger partial charge in [-0.15, -0.1) is 0 Å². The first kappa shape index (κ1) is 19.7. The fourth-order valence-electron chi connectivity index (χ4n) is 3.80. The van der Waals surface area contributed by atoms with Crippen molar-refractivity contribution in [2.45, 2.75) is 26.2 Å². The molecule has 1 N–H and O–H groups in total. The van der Waals surface area contributed by atoms with Gasteiger partial charge in [0.1, 0.15) is 0 Å². The minimum atomic E-state index is -0.739. The van der Waals surface area contributed by atoms with E-state index in [0.29, 0.717) is 6.42 Å². The Kier molecular flexibility index (Phi) is 5.80. The fourth-order valence-corrected chi connectivity index (χ4v) is 3.80. The summed E-state index contributed by atoms with van der Waals surface area (Å²) >= 11 is 0. The van der Waals surface area contributed by atoms with E-state index in [1.165, 1.54) is 22.3 Å². The number of carboxylic acids is 1. The molecular weight excluding hydrogens is 370 g/mol. The molecule has 0 fully saturated rings. The van der Waals surface area contributed by atoms with E-state index < -0.39 is 5.97 Å². The Labute approximate surface area is 177 Å². The summed E-state index contributed by atoms with van der Waals surface area (Å²) in [5, 5.41) is 8.81. The topological polar surface area (TPSA) is 42.2 Å². The largest absolute Gasteiger partial charge is 0.481 e. The number of aliphatic carboxylic acids is 1. The van der Waals surface area contributed by atoms with E-state index in [0.717, 1.165) is 23.4 Å². The predicted molar refractivity (Wildman–Crippen MR) is 122 cm³/mol. The van der Waals surface area contributed by atoms with Crippen molar-refractivity contribution >= 4 is 5.97 Å². The lowest BCUT2D eigenvalue weighted by Crippen LogP contribution is -1.98. The van der Waals surface area contributed by atoms with Crippen molar-refractivity contribution in [3.8, 4) is 28.1 Å². The fraction of sp³-hybridized carbons (Fsp3) is 0.148. The Morgan fingerprint density at radius 3 is 2.37 bits per heavy atom. The van der Waals surface area contributed by atoms with Crippen molar-refractivity contribution in [3.05, 3.63) is 102 Å². The van der Waals surface area contributed by atoms with Crippen molar-refractivity contribution in [1.29, 1.82) is 0 Å². The van der Waals surface area contributed by atoms with Crippen molar-refractivity contribution in [2.24, 2.45) is 0 Å². The molecule has 0 saturated carbocycles. The summed E-state index contributed by atoms with van der Waals surface area (Å²) in [7, 11) is 0. The van der Waals surface area contributed by atoms with Crippen molar-refractivity contribution in [3.63, 3.8) is 0 Å². The number of carboxylic acid groups (broad SMARTS) is 1. The Balaban J connectivity index is 1.63. The van der Waals surface area contributed by atoms with Gasteiger partial charge in [0.2, 0.25) is 0 Å². The lowest BCUT2D eigenvalue weighted by atomic mass is 9.98. The molecule has 30 heavy (non-hydrogen) atoms. The molecule has 0 saturated heterocycles. The molecule has 3 heteroatoms. The second kappa shape index (κ2) is 8.83. The molecule has 0 radical (unpaired) electrons. The first-order valence-corrected chi connectivity index (χ1v) is 10.3. The molecule has 3 aromatic carbocycles. The van der Waals surface area contributed by atoms with Crippen LogP contribution in [-0.4, -0.2) is 15.6 Å². The summed E-state index contributed by atoms with van der Waals surface area (Å²) in [6, 6.07) is 29.7. The molecule has 0 bridgehead atoms. The van der Waals surface area contributed by atoms with E-state index in [9.17, 15) is 4.79 Å². The number of aromatic nitrogens is 1. The molecule has 0 unspecified atom stereocenters. The zero-order valence-electron chi connectivity index (χ0n) is 17.1. The highest BCUT2D eigenvalue weighted by Gasteiger charge is 2.10. The maximum absolute atomic E-state index is 10.7. The van der Waals surface area contributed by atoms with Crippen LogP contribution in [0.2, 0.25) is 0 Å². The second-order valence-corrected chi connectivity index (χ2v) is 7.57. The summed E-state index contributed by atoms with van der Waals surface area (Å²) < 4.78 is 2.21. The van der Waals surface area contributed by atoms with Gasteiger partial charge in [-0.05, 0) is 72.4 Å². The lowest BCUT2D eigenvalue weighted by Gasteiger charge is -2.14. The van der Waals surface area contributed by atoms with Gasteiger partial charge in [-0.1, -0.05) is 54.6 Å². The maximum Gasteiger partial charge on any atom is 0.303 e. The van der Waals surface area contributed by atoms with Crippen LogP contribution in [0.1, 0.15) is 24.0 Å². The Bertz CT molecular complexity index is 1140. The molecule has 150 valence electrons. The minimum absolute atomic E-state index is 0.209. The number of hydrogen-bond donors (Lipinski definition) is 1. The van der Waals surface area contributed by atoms with E-state index in [4.69, 9.17) is 5.11 Å². The molecular formula is C27H25NO2. The Hall–Kier alpha value is -3.59. The molecule has 0 spiro atoms. The van der Waals surface area contributed by atoms with Crippen LogP contribution in [-0.2, 0) is 11.2 Å². The van der Waals surface area contributed by atoms with Crippen LogP contribution in [0.3, 0.4) is 0 Å². The third-order valence-corrected chi connectivity index (χ3v) is 5.44. The standard InChI is InChI=1S/C27H25NO2/c1-20-12-15-23(22-8-3-2-4-9-22)19-25(20)26-10-6-18-28(26)24-16-13-21(14-17-24)7-5-11-27(29)30/h2-4,6,8-10,12-19H,5,7,11H2,1H3,(H,29,30). The molecule has 0 aliphatic rings. The van der Waals surface area contributed by atoms with Gasteiger partial charge in [0, 0.05) is 23.9 Å². The number of rotatable bonds is 7. The molecule has 0 amide bonds. The molecule has 1 aromatic heterocycles. The summed E-state index contributed by atoms with van der Waals surface area (Å²) in [5.74, 6) is -0.739. The summed E-state index contributed by atoms with van der Waals surface area (Å²) in [6.07, 6.45) is 3.74. The van der Waals surface area contributed by atoms with Crippen LogP contribution in [0.4, 0.5) is 0 Å². The van der Waals surface area contributed by atoms with Crippen LogP contribution in [0.5, 0.6) is 0 Å². The average molecular weight is 396 g/mol. The van der Waals surface area contributed by atoms with Crippen molar-refractivity contribution in [2.75, 3.05) is 0 Å². The van der Waals surface area contributed by atoms with Crippen LogP contribution >= 0.6 is 0 Å². The van der Waals surface area contributed by atoms with E-state index in [1.54, 1.807) is 0 Å². The zero-order valence-corrected chi connectivity index (χ0v) is 17.1. The van der Waals surface area contributed by atoms with Gasteiger partial charge in [0.15, 0.2) is 0 Å². The first-order chi connectivity index (χ1) is 14.6. The van der Waals surface area contributed by atoms with E-state index >= 15 is 0 Å². The third-order valence-electron chi connectivity index (χ3n) is 5.44. The number of nitrogens with zero attached hydrogens (tertiary/aromatic N) is 1. The minimum Gasteiger partial charge on any atom is -0.481 e. The monoisotopic (exact) mass is 395 g/mol. The Morgan fingerprint density at radius 1 is 0.867 bits per heavy atom. The molecule has 4 rings (SSSR count). The van der Waals surface area contributed by atoms with Crippen LogP contribution < -0.4 is 0 Å². The van der Waals surface area contributed by atoms with E-state index in [2.05, 4.69) is 96.6 Å². The number of carbonyl (C=O) groups is 1. The van der Waals surface area contributed by atoms with Gasteiger partial charge in [-0.2, -0.15) is 0 Å². The van der Waals surface area contributed by atoms with E-state index in [-0.39, 0.29) is 6.42 Å². The highest BCUT2D eigenvalue weighted by molar-refractivity contribution is 5.75. The summed E-state index contributed by atoms with van der Waals surface area (Å²) in [5.41, 5.74) is 8.29. The lowest BCUT2D eigenvalue weighted by molar-refractivity contribution is -0.137. The van der Waals surface area contributed by atoms with Crippen molar-refractivity contribution in [1.82, 2.24) is 4.57 Å². The predicted octanol–water partition coefficient (Wildman–Crippen LogP) is 6.53. The maximum atomic E-state index is 10.7. The summed E-state index contributed by atoms with van der Waals surface area (Å²) in [4.78, 5) is 10.7. The smallest absolute Gasteiger partial charge is 0.303 e. The highest BCUT2D eigenvalue weighted by Crippen LogP contribution is 2.31. The first-order valence-electron chi connectivity index (χ1n) is 10.3. The summed E-state index contributed by atoms with van der Waals surface area (Å²) in [6.45, 7) is 2.15. The second-order valence-electron chi connectivity index (χ2n) is 7.57. The number of aryl methyl sites for hydroxylation is 2. The molecule has 3 nitrogen and oxygen atoms in total. The van der Waals surface area contributed by atoms with Crippen molar-refractivity contribution < 1.29 is 9.90 Å². The van der Waals surface area contributed by atoms with E-state index in [1.807, 2.05) is 6.07 Å². The Morgan fingerprint density at radius 2 is 1.63 bits per heavy atom. The average Bonchev–Trinajstić information content (AvgIpc) is 3.24. The van der Waals surface area contributed by atoms with Crippen LogP contribution in [0.25, 0.3) is 28.1 Å². The SMILES string of the molecule is Cc1ccc(-c2ccccc2)cc1-c1cccn1-c1ccc(CCCC(=O)O)cc1. The van der Waals surface area contributed by atoms with Gasteiger partial charge in [-0.25, -0.2) is 0 Å². The third kappa shape index (κ3) is 4.36. The zero-order chi connectivity index (χ0) is 20.9. The molecule has 1 heterocycles. The van der Waals surface area contributed by atoms with Gasteiger partial charge in [-0.3, -0.25) is 4.79 Å². The van der Waals surface area contributed by atoms with Gasteiger partial charge < -0.3 is 9.67 Å². The quantitative estimate of drug-likeness (QED) is 0.387. The molecule has 0 aliphatic carbocycles. The van der Waals surface area contributed by atoms with Gasteiger partial charge >= 0.3 is 5.97 Å². The number of benzene rings is 3.